The maximum Gasteiger partial charge on any atom is 0.239 e. The van der Waals surface area contributed by atoms with Gasteiger partial charge in [0.1, 0.15) is 0 Å². The third-order valence-corrected chi connectivity index (χ3v) is 2.85. The third-order valence-electron chi connectivity index (χ3n) is 2.85. The minimum atomic E-state index is 0.0578. The van der Waals surface area contributed by atoms with Crippen molar-refractivity contribution in [3.63, 3.8) is 0 Å². The Labute approximate surface area is 80.5 Å². The van der Waals surface area contributed by atoms with E-state index in [1.54, 1.807) is 4.90 Å². The van der Waals surface area contributed by atoms with Crippen molar-refractivity contribution in [2.75, 3.05) is 20.6 Å². The summed E-state index contributed by atoms with van der Waals surface area (Å²) in [6, 6.07) is 0.0578. The zero-order valence-corrected chi connectivity index (χ0v) is 9.00. The molecule has 3 nitrogen and oxygen atoms in total. The van der Waals surface area contributed by atoms with Crippen molar-refractivity contribution in [1.29, 1.82) is 0 Å². The van der Waals surface area contributed by atoms with Crippen molar-refractivity contribution in [3.8, 4) is 0 Å². The van der Waals surface area contributed by atoms with Gasteiger partial charge in [0, 0.05) is 14.1 Å². The fourth-order valence-corrected chi connectivity index (χ4v) is 1.77. The largest absolute Gasteiger partial charge is 0.347 e. The van der Waals surface area contributed by atoms with Gasteiger partial charge in [-0.2, -0.15) is 0 Å². The summed E-state index contributed by atoms with van der Waals surface area (Å²) >= 11 is 0. The highest BCUT2D eigenvalue weighted by Crippen LogP contribution is 2.22. The van der Waals surface area contributed by atoms with Crippen LogP contribution in [0.4, 0.5) is 0 Å². The molecule has 76 valence electrons. The van der Waals surface area contributed by atoms with E-state index >= 15 is 0 Å². The fraction of sp³-hybridized carbons (Fsp3) is 0.900. The molecular formula is C10H20N2O. The molecule has 0 aromatic heterocycles. The molecule has 1 aliphatic rings. The van der Waals surface area contributed by atoms with Crippen LogP contribution >= 0.6 is 0 Å². The molecule has 0 aliphatic carbocycles. The van der Waals surface area contributed by atoms with Crippen molar-refractivity contribution in [1.82, 2.24) is 10.2 Å². The van der Waals surface area contributed by atoms with Crippen molar-refractivity contribution >= 4 is 5.91 Å². The van der Waals surface area contributed by atoms with Gasteiger partial charge in [0.15, 0.2) is 0 Å². The molecule has 1 unspecified atom stereocenters. The second kappa shape index (κ2) is 4.09. The number of likely N-dealkylation sites (N-methyl/N-ethyl adjacent to an activating group) is 1. The molecule has 1 N–H and O–H groups in total. The van der Waals surface area contributed by atoms with Crippen molar-refractivity contribution < 1.29 is 4.79 Å². The van der Waals surface area contributed by atoms with E-state index in [1.165, 1.54) is 0 Å². The van der Waals surface area contributed by atoms with Crippen molar-refractivity contribution in [3.05, 3.63) is 0 Å². The lowest BCUT2D eigenvalue weighted by atomic mass is 9.93. The Morgan fingerprint density at radius 2 is 2.08 bits per heavy atom. The van der Waals surface area contributed by atoms with Crippen LogP contribution in [0.2, 0.25) is 0 Å². The molecule has 1 rings (SSSR count). The highest BCUT2D eigenvalue weighted by Gasteiger charge is 2.31. The van der Waals surface area contributed by atoms with E-state index in [0.29, 0.717) is 11.8 Å². The molecule has 1 heterocycles. The number of nitrogens with zero attached hydrogens (tertiary/aromatic N) is 1. The zero-order valence-electron chi connectivity index (χ0n) is 9.00. The monoisotopic (exact) mass is 184 g/mol. The molecule has 0 bridgehead atoms. The van der Waals surface area contributed by atoms with E-state index in [0.717, 1.165) is 13.0 Å². The first-order valence-corrected chi connectivity index (χ1v) is 4.97. The van der Waals surface area contributed by atoms with Gasteiger partial charge in [-0.1, -0.05) is 13.8 Å². The lowest BCUT2D eigenvalue weighted by Crippen LogP contribution is -2.39. The van der Waals surface area contributed by atoms with Gasteiger partial charge in [-0.25, -0.2) is 0 Å². The van der Waals surface area contributed by atoms with E-state index in [2.05, 4.69) is 19.2 Å². The zero-order chi connectivity index (χ0) is 10.0. The molecular weight excluding hydrogens is 164 g/mol. The molecule has 0 spiro atoms. The summed E-state index contributed by atoms with van der Waals surface area (Å²) in [6.45, 7) is 5.42. The van der Waals surface area contributed by atoms with E-state index in [1.807, 2.05) is 14.1 Å². The molecule has 1 aliphatic heterocycles. The number of carbonyl (C=O) groups excluding carboxylic acids is 1. The lowest BCUT2D eigenvalue weighted by Gasteiger charge is -2.16. The normalized spacial score (nSPS) is 28.1. The van der Waals surface area contributed by atoms with E-state index in [4.69, 9.17) is 0 Å². The van der Waals surface area contributed by atoms with Crippen LogP contribution in [-0.2, 0) is 4.79 Å². The number of hydrogen-bond acceptors (Lipinski definition) is 2. The maximum absolute atomic E-state index is 11.6. The Kier molecular flexibility index (Phi) is 3.31. The molecule has 1 saturated heterocycles. The molecule has 2 atom stereocenters. The molecule has 3 heteroatoms. The van der Waals surface area contributed by atoms with Crippen LogP contribution in [0.25, 0.3) is 0 Å². The van der Waals surface area contributed by atoms with Crippen LogP contribution in [-0.4, -0.2) is 37.5 Å². The standard InChI is InChI=1S/C10H20N2O/c1-7(2)8-5-9(11-6-8)10(13)12(3)4/h7-9,11H,5-6H2,1-4H3/t8-,9?/m0/s1. The summed E-state index contributed by atoms with van der Waals surface area (Å²) in [5.74, 6) is 1.55. The van der Waals surface area contributed by atoms with Crippen LogP contribution in [0.15, 0.2) is 0 Å². The van der Waals surface area contributed by atoms with Gasteiger partial charge in [0.05, 0.1) is 6.04 Å². The van der Waals surface area contributed by atoms with Gasteiger partial charge in [0.2, 0.25) is 5.91 Å². The van der Waals surface area contributed by atoms with Gasteiger partial charge < -0.3 is 10.2 Å². The molecule has 0 saturated carbocycles. The Bertz CT molecular complexity index is 189. The third kappa shape index (κ3) is 2.44. The Hall–Kier alpha value is -0.570. The summed E-state index contributed by atoms with van der Waals surface area (Å²) in [6.07, 6.45) is 0.995. The highest BCUT2D eigenvalue weighted by molar-refractivity contribution is 5.81. The van der Waals surface area contributed by atoms with Gasteiger partial charge in [-0.05, 0) is 24.8 Å². The van der Waals surface area contributed by atoms with Crippen molar-refractivity contribution in [2.45, 2.75) is 26.3 Å². The summed E-state index contributed by atoms with van der Waals surface area (Å²) in [7, 11) is 3.62. The molecule has 0 aromatic carbocycles. The van der Waals surface area contributed by atoms with Crippen LogP contribution in [0.5, 0.6) is 0 Å². The smallest absolute Gasteiger partial charge is 0.239 e. The lowest BCUT2D eigenvalue weighted by molar-refractivity contribution is -0.130. The van der Waals surface area contributed by atoms with Crippen molar-refractivity contribution in [2.24, 2.45) is 11.8 Å². The quantitative estimate of drug-likeness (QED) is 0.685. The van der Waals surface area contributed by atoms with Gasteiger partial charge in [-0.15, -0.1) is 0 Å². The first-order valence-electron chi connectivity index (χ1n) is 4.97. The summed E-state index contributed by atoms with van der Waals surface area (Å²) in [4.78, 5) is 13.2. The van der Waals surface area contributed by atoms with Crippen LogP contribution in [0.3, 0.4) is 0 Å². The summed E-state index contributed by atoms with van der Waals surface area (Å²) in [5.41, 5.74) is 0. The number of hydrogen-bond donors (Lipinski definition) is 1. The predicted octanol–water partition coefficient (Wildman–Crippen LogP) is 0.709. The van der Waals surface area contributed by atoms with Crippen LogP contribution in [0.1, 0.15) is 20.3 Å². The fourth-order valence-electron chi connectivity index (χ4n) is 1.77. The minimum Gasteiger partial charge on any atom is -0.347 e. The van der Waals surface area contributed by atoms with Crippen LogP contribution in [0, 0.1) is 11.8 Å². The second-order valence-corrected chi connectivity index (χ2v) is 4.43. The van der Waals surface area contributed by atoms with E-state index < -0.39 is 0 Å². The topological polar surface area (TPSA) is 32.3 Å². The maximum atomic E-state index is 11.6. The summed E-state index contributed by atoms with van der Waals surface area (Å²) < 4.78 is 0. The first kappa shape index (κ1) is 10.5. The Morgan fingerprint density at radius 3 is 2.46 bits per heavy atom. The second-order valence-electron chi connectivity index (χ2n) is 4.43. The average molecular weight is 184 g/mol. The molecule has 1 fully saturated rings. The number of carbonyl (C=O) groups is 1. The summed E-state index contributed by atoms with van der Waals surface area (Å²) in [5, 5.41) is 3.28. The molecule has 1 amide bonds. The van der Waals surface area contributed by atoms with E-state index in [-0.39, 0.29) is 11.9 Å². The van der Waals surface area contributed by atoms with Gasteiger partial charge >= 0.3 is 0 Å². The average Bonchev–Trinajstić information content (AvgIpc) is 2.50. The molecule has 0 radical (unpaired) electrons. The number of rotatable bonds is 2. The Morgan fingerprint density at radius 1 is 1.46 bits per heavy atom. The SMILES string of the molecule is CC(C)[C@@H]1CNC(C(=O)N(C)C)C1. The van der Waals surface area contributed by atoms with E-state index in [9.17, 15) is 4.79 Å². The highest BCUT2D eigenvalue weighted by atomic mass is 16.2. The number of amides is 1. The van der Waals surface area contributed by atoms with Gasteiger partial charge in [-0.3, -0.25) is 4.79 Å². The number of nitrogens with one attached hydrogen (secondary N) is 1. The minimum absolute atomic E-state index is 0.0578. The first-order chi connectivity index (χ1) is 6.02. The Balaban J connectivity index is 2.45. The molecule has 0 aromatic rings. The molecule has 13 heavy (non-hydrogen) atoms. The van der Waals surface area contributed by atoms with Crippen LogP contribution < -0.4 is 5.32 Å². The van der Waals surface area contributed by atoms with Gasteiger partial charge in [0.25, 0.3) is 0 Å². The predicted molar refractivity (Wildman–Crippen MR) is 53.4 cm³/mol.